The molecule has 6 atom stereocenters. The summed E-state index contributed by atoms with van der Waals surface area (Å²) in [5.41, 5.74) is 1.15. The first-order valence-electron chi connectivity index (χ1n) is 8.49. The molecule has 0 saturated heterocycles. The fourth-order valence-corrected chi connectivity index (χ4v) is 6.19. The van der Waals surface area contributed by atoms with E-state index < -0.39 is 0 Å². The largest absolute Gasteiger partial charge is 0.0879 e. The Morgan fingerprint density at radius 2 is 1.84 bits per heavy atom. The van der Waals surface area contributed by atoms with E-state index >= 15 is 0 Å². The Kier molecular flexibility index (Phi) is 2.57. The summed E-state index contributed by atoms with van der Waals surface area (Å²) < 4.78 is 0. The first-order chi connectivity index (χ1) is 9.13. The summed E-state index contributed by atoms with van der Waals surface area (Å²) in [6.45, 7) is 5.14. The zero-order valence-corrected chi connectivity index (χ0v) is 12.6. The zero-order chi connectivity index (χ0) is 13.1. The van der Waals surface area contributed by atoms with Gasteiger partial charge < -0.3 is 0 Å². The number of hydrogen-bond donors (Lipinski definition) is 0. The number of allylic oxidation sites excluding steroid dienone is 4. The minimum Gasteiger partial charge on any atom is -0.0879 e. The van der Waals surface area contributed by atoms with Crippen molar-refractivity contribution in [1.82, 2.24) is 0 Å². The Morgan fingerprint density at radius 1 is 0.947 bits per heavy atom. The van der Waals surface area contributed by atoms with Crippen LogP contribution in [0.2, 0.25) is 0 Å². The van der Waals surface area contributed by atoms with E-state index in [2.05, 4.69) is 38.2 Å². The molecule has 2 fully saturated rings. The van der Waals surface area contributed by atoms with Crippen molar-refractivity contribution in [3.8, 4) is 0 Å². The summed E-state index contributed by atoms with van der Waals surface area (Å²) in [6.07, 6.45) is 20.4. The molecule has 4 aliphatic rings. The first kappa shape index (κ1) is 12.2. The van der Waals surface area contributed by atoms with Crippen molar-refractivity contribution in [2.45, 2.75) is 58.8 Å². The van der Waals surface area contributed by atoms with Gasteiger partial charge in [0.05, 0.1) is 0 Å². The van der Waals surface area contributed by atoms with Gasteiger partial charge in [0.15, 0.2) is 0 Å². The summed E-state index contributed by atoms with van der Waals surface area (Å²) >= 11 is 0. The topological polar surface area (TPSA) is 0 Å². The highest BCUT2D eigenvalue weighted by Gasteiger charge is 2.54. The van der Waals surface area contributed by atoms with Gasteiger partial charge in [-0.1, -0.05) is 44.6 Å². The van der Waals surface area contributed by atoms with E-state index in [1.165, 1.54) is 44.9 Å². The van der Waals surface area contributed by atoms with E-state index in [-0.39, 0.29) is 0 Å². The predicted molar refractivity (Wildman–Crippen MR) is 80.8 cm³/mol. The van der Waals surface area contributed by atoms with Crippen LogP contribution in [0.1, 0.15) is 58.8 Å². The Bertz CT molecular complexity index is 431. The number of hydrogen-bond acceptors (Lipinski definition) is 0. The molecule has 4 aliphatic carbocycles. The van der Waals surface area contributed by atoms with E-state index in [9.17, 15) is 0 Å². The second-order valence-corrected chi connectivity index (χ2v) is 8.21. The van der Waals surface area contributed by atoms with Gasteiger partial charge in [-0.3, -0.25) is 0 Å². The number of fused-ring (bicyclic) bond motifs is 5. The zero-order valence-electron chi connectivity index (χ0n) is 12.6. The van der Waals surface area contributed by atoms with Crippen LogP contribution in [0.15, 0.2) is 24.3 Å². The van der Waals surface area contributed by atoms with Crippen LogP contribution in [0.5, 0.6) is 0 Å². The maximum absolute atomic E-state index is 2.66. The molecule has 0 spiro atoms. The molecule has 0 aromatic heterocycles. The lowest BCUT2D eigenvalue weighted by atomic mass is 9.49. The lowest BCUT2D eigenvalue weighted by Gasteiger charge is -2.56. The van der Waals surface area contributed by atoms with Crippen LogP contribution in [-0.2, 0) is 0 Å². The van der Waals surface area contributed by atoms with E-state index in [1.54, 1.807) is 0 Å². The van der Waals surface area contributed by atoms with Crippen LogP contribution in [-0.4, -0.2) is 0 Å². The van der Waals surface area contributed by atoms with Crippen molar-refractivity contribution in [2.75, 3.05) is 0 Å². The molecule has 0 aromatic carbocycles. The molecule has 0 bridgehead atoms. The number of rotatable bonds is 0. The molecule has 0 heteroatoms. The van der Waals surface area contributed by atoms with Crippen molar-refractivity contribution < 1.29 is 0 Å². The minimum atomic E-state index is 0.474. The van der Waals surface area contributed by atoms with Crippen LogP contribution in [0.3, 0.4) is 0 Å². The average molecular weight is 256 g/mol. The van der Waals surface area contributed by atoms with Gasteiger partial charge in [0.25, 0.3) is 0 Å². The van der Waals surface area contributed by atoms with Gasteiger partial charge >= 0.3 is 0 Å². The molecule has 0 N–H and O–H groups in total. The van der Waals surface area contributed by atoms with Crippen LogP contribution in [0.4, 0.5) is 0 Å². The molecule has 0 heterocycles. The first-order valence-corrected chi connectivity index (χ1v) is 8.49. The summed E-state index contributed by atoms with van der Waals surface area (Å²) in [7, 11) is 0. The molecule has 1 unspecified atom stereocenters. The molecule has 0 radical (unpaired) electrons. The van der Waals surface area contributed by atoms with Crippen LogP contribution in [0.25, 0.3) is 0 Å². The second kappa shape index (κ2) is 3.99. The van der Waals surface area contributed by atoms with Crippen molar-refractivity contribution in [1.29, 1.82) is 0 Å². The van der Waals surface area contributed by atoms with Gasteiger partial charge in [0.2, 0.25) is 0 Å². The summed E-state index contributed by atoms with van der Waals surface area (Å²) in [5, 5.41) is 0. The molecular formula is C19H28. The Balaban J connectivity index is 1.73. The fraction of sp³-hybridized carbons (Fsp3) is 0.789. The van der Waals surface area contributed by atoms with Crippen LogP contribution < -0.4 is 0 Å². The van der Waals surface area contributed by atoms with Crippen LogP contribution >= 0.6 is 0 Å². The highest BCUT2D eigenvalue weighted by atomic mass is 14.6. The highest BCUT2D eigenvalue weighted by Crippen LogP contribution is 2.63. The smallest absolute Gasteiger partial charge is 0.00497 e. The lowest BCUT2D eigenvalue weighted by molar-refractivity contribution is -0.00969. The molecule has 0 aliphatic heterocycles. The molecular weight excluding hydrogens is 228 g/mol. The third kappa shape index (κ3) is 1.58. The van der Waals surface area contributed by atoms with Gasteiger partial charge in [-0.25, -0.2) is 0 Å². The molecule has 2 saturated carbocycles. The Morgan fingerprint density at radius 3 is 2.74 bits per heavy atom. The van der Waals surface area contributed by atoms with Crippen molar-refractivity contribution in [3.05, 3.63) is 24.3 Å². The normalized spacial score (nSPS) is 55.5. The minimum absolute atomic E-state index is 0.474. The van der Waals surface area contributed by atoms with E-state index in [1.807, 2.05) is 0 Å². The molecule has 19 heavy (non-hydrogen) atoms. The van der Waals surface area contributed by atoms with Gasteiger partial charge in [0.1, 0.15) is 0 Å². The maximum Gasteiger partial charge on any atom is -0.00497 e. The van der Waals surface area contributed by atoms with E-state index in [4.69, 9.17) is 0 Å². The average Bonchev–Trinajstić information content (AvgIpc) is 2.79. The molecule has 104 valence electrons. The third-order valence-electron chi connectivity index (χ3n) is 7.40. The fourth-order valence-electron chi connectivity index (χ4n) is 6.19. The Labute approximate surface area is 118 Å². The van der Waals surface area contributed by atoms with Crippen molar-refractivity contribution in [2.24, 2.45) is 34.5 Å². The molecule has 0 aromatic rings. The van der Waals surface area contributed by atoms with Crippen LogP contribution in [0, 0.1) is 34.5 Å². The molecule has 0 amide bonds. The van der Waals surface area contributed by atoms with Crippen molar-refractivity contribution in [3.63, 3.8) is 0 Å². The van der Waals surface area contributed by atoms with E-state index in [0.717, 1.165) is 23.7 Å². The Hall–Kier alpha value is -0.520. The molecule has 4 rings (SSSR count). The SMILES string of the molecule is C[C@@]12CCC[C@H]1[C@@H]1C=CC3CCC=C[C@]3(C)[C@H]1CC2. The third-order valence-corrected chi connectivity index (χ3v) is 7.40. The lowest BCUT2D eigenvalue weighted by Crippen LogP contribution is -2.48. The maximum atomic E-state index is 2.66. The van der Waals surface area contributed by atoms with Gasteiger partial charge in [-0.2, -0.15) is 0 Å². The standard InChI is InChI=1S/C19H28/c1-18-11-5-7-16(18)15-9-8-14-6-3-4-12-19(14,2)17(15)10-13-18/h4,8-9,12,14-17H,3,5-7,10-11,13H2,1-2H3/t14?,15-,16-,17-,18-,19-/m0/s1. The monoisotopic (exact) mass is 256 g/mol. The highest BCUT2D eigenvalue weighted by molar-refractivity contribution is 5.22. The molecule has 0 nitrogen and oxygen atoms in total. The van der Waals surface area contributed by atoms with Gasteiger partial charge in [0, 0.05) is 0 Å². The summed E-state index contributed by atoms with van der Waals surface area (Å²) in [5.74, 6) is 3.61. The summed E-state index contributed by atoms with van der Waals surface area (Å²) in [6, 6.07) is 0. The second-order valence-electron chi connectivity index (χ2n) is 8.21. The van der Waals surface area contributed by atoms with E-state index in [0.29, 0.717) is 10.8 Å². The van der Waals surface area contributed by atoms with Gasteiger partial charge in [-0.15, -0.1) is 0 Å². The van der Waals surface area contributed by atoms with Crippen molar-refractivity contribution >= 4 is 0 Å². The van der Waals surface area contributed by atoms with Gasteiger partial charge in [-0.05, 0) is 73.0 Å². The predicted octanol–water partition coefficient (Wildman–Crippen LogP) is 5.36. The quantitative estimate of drug-likeness (QED) is 0.512. The summed E-state index contributed by atoms with van der Waals surface area (Å²) in [4.78, 5) is 0.